The van der Waals surface area contributed by atoms with Crippen LogP contribution in [-0.2, 0) is 13.6 Å². The van der Waals surface area contributed by atoms with Crippen molar-refractivity contribution in [3.8, 4) is 0 Å². The highest BCUT2D eigenvalue weighted by atomic mass is 19.1. The van der Waals surface area contributed by atoms with Gasteiger partial charge in [0.1, 0.15) is 22.9 Å². The van der Waals surface area contributed by atoms with E-state index in [-0.39, 0.29) is 17.8 Å². The molecular formula is C12H11F2N3O2. The fourth-order valence-corrected chi connectivity index (χ4v) is 1.69. The van der Waals surface area contributed by atoms with Gasteiger partial charge in [0, 0.05) is 7.05 Å². The summed E-state index contributed by atoms with van der Waals surface area (Å²) >= 11 is 0. The van der Waals surface area contributed by atoms with Gasteiger partial charge in [-0.2, -0.15) is 5.10 Å². The van der Waals surface area contributed by atoms with Crippen LogP contribution in [0.4, 0.5) is 14.5 Å². The van der Waals surface area contributed by atoms with Crippen LogP contribution in [0.2, 0.25) is 0 Å². The predicted molar refractivity (Wildman–Crippen MR) is 63.9 cm³/mol. The van der Waals surface area contributed by atoms with Gasteiger partial charge in [-0.1, -0.05) is 6.07 Å². The second-order valence-corrected chi connectivity index (χ2v) is 3.88. The molecule has 1 aromatic carbocycles. The number of aromatic nitrogens is 2. The van der Waals surface area contributed by atoms with Crippen molar-refractivity contribution in [2.75, 3.05) is 5.32 Å². The summed E-state index contributed by atoms with van der Waals surface area (Å²) in [4.78, 5) is 11.0. The summed E-state index contributed by atoms with van der Waals surface area (Å²) in [5.74, 6) is -2.61. The maximum Gasteiger partial charge on any atom is 0.339 e. The Bertz CT molecular complexity index is 605. The first-order valence-electron chi connectivity index (χ1n) is 5.42. The Hall–Kier alpha value is -2.44. The van der Waals surface area contributed by atoms with Gasteiger partial charge >= 0.3 is 5.97 Å². The van der Waals surface area contributed by atoms with Crippen molar-refractivity contribution in [2.45, 2.75) is 6.54 Å². The van der Waals surface area contributed by atoms with Crippen LogP contribution in [0.25, 0.3) is 0 Å². The number of aromatic carboxylic acids is 1. The maximum absolute atomic E-state index is 13.4. The van der Waals surface area contributed by atoms with Crippen LogP contribution in [0, 0.1) is 11.6 Å². The topological polar surface area (TPSA) is 67.2 Å². The van der Waals surface area contributed by atoms with E-state index < -0.39 is 17.6 Å². The van der Waals surface area contributed by atoms with Gasteiger partial charge in [-0.25, -0.2) is 13.6 Å². The number of para-hydroxylation sites is 1. The molecule has 5 nitrogen and oxygen atoms in total. The average Bonchev–Trinajstić information content (AvgIpc) is 2.70. The Morgan fingerprint density at radius 1 is 1.42 bits per heavy atom. The quantitative estimate of drug-likeness (QED) is 0.889. The number of rotatable bonds is 4. The van der Waals surface area contributed by atoms with Crippen LogP contribution < -0.4 is 5.32 Å². The number of hydrogen-bond acceptors (Lipinski definition) is 3. The van der Waals surface area contributed by atoms with Crippen molar-refractivity contribution in [1.29, 1.82) is 0 Å². The first kappa shape index (κ1) is 13.0. The van der Waals surface area contributed by atoms with Crippen LogP contribution in [-0.4, -0.2) is 20.9 Å². The number of anilines is 1. The Morgan fingerprint density at radius 2 is 2.05 bits per heavy atom. The molecule has 0 amide bonds. The summed E-state index contributed by atoms with van der Waals surface area (Å²) < 4.78 is 28.1. The Balaban J connectivity index is 2.24. The normalized spacial score (nSPS) is 10.5. The highest BCUT2D eigenvalue weighted by Crippen LogP contribution is 2.19. The number of halogens is 2. The summed E-state index contributed by atoms with van der Waals surface area (Å²) in [7, 11) is 1.56. The fourth-order valence-electron chi connectivity index (χ4n) is 1.69. The van der Waals surface area contributed by atoms with Gasteiger partial charge in [-0.15, -0.1) is 0 Å². The van der Waals surface area contributed by atoms with Crippen molar-refractivity contribution in [2.24, 2.45) is 7.05 Å². The van der Waals surface area contributed by atoms with Crippen LogP contribution in [0.3, 0.4) is 0 Å². The van der Waals surface area contributed by atoms with E-state index in [0.29, 0.717) is 5.69 Å². The minimum atomic E-state index is -1.14. The summed E-state index contributed by atoms with van der Waals surface area (Å²) in [6.07, 6.45) is 1.19. The Morgan fingerprint density at radius 3 is 2.63 bits per heavy atom. The van der Waals surface area contributed by atoms with Crippen LogP contribution >= 0.6 is 0 Å². The second kappa shape index (κ2) is 5.05. The summed E-state index contributed by atoms with van der Waals surface area (Å²) in [6, 6.07) is 3.49. The molecule has 0 radical (unpaired) electrons. The van der Waals surface area contributed by atoms with E-state index >= 15 is 0 Å². The van der Waals surface area contributed by atoms with Crippen molar-refractivity contribution >= 4 is 11.7 Å². The molecule has 1 heterocycles. The molecule has 2 rings (SSSR count). The van der Waals surface area contributed by atoms with Gasteiger partial charge < -0.3 is 10.4 Å². The molecule has 0 saturated carbocycles. The van der Waals surface area contributed by atoms with E-state index in [2.05, 4.69) is 10.4 Å². The molecule has 0 bridgehead atoms. The van der Waals surface area contributed by atoms with E-state index in [0.717, 1.165) is 12.1 Å². The third-order valence-corrected chi connectivity index (χ3v) is 2.69. The van der Waals surface area contributed by atoms with Gasteiger partial charge in [-0.05, 0) is 12.1 Å². The van der Waals surface area contributed by atoms with Crippen molar-refractivity contribution in [1.82, 2.24) is 9.78 Å². The average molecular weight is 267 g/mol. The predicted octanol–water partition coefficient (Wildman–Crippen LogP) is 2.01. The molecule has 0 saturated heterocycles. The number of benzene rings is 1. The van der Waals surface area contributed by atoms with Gasteiger partial charge in [-0.3, -0.25) is 4.68 Å². The third kappa shape index (κ3) is 2.54. The molecule has 7 heteroatoms. The number of aryl methyl sites for hydroxylation is 1. The highest BCUT2D eigenvalue weighted by Gasteiger charge is 2.16. The molecule has 0 aliphatic heterocycles. The molecule has 0 aliphatic rings. The fraction of sp³-hybridized carbons (Fsp3) is 0.167. The Kier molecular flexibility index (Phi) is 3.46. The zero-order valence-electron chi connectivity index (χ0n) is 10.0. The molecule has 0 unspecified atom stereocenters. The lowest BCUT2D eigenvalue weighted by atomic mass is 10.2. The number of carboxylic acid groups (broad SMARTS) is 1. The van der Waals surface area contributed by atoms with E-state index in [1.54, 1.807) is 7.05 Å². The lowest BCUT2D eigenvalue weighted by molar-refractivity contribution is 0.0695. The van der Waals surface area contributed by atoms with Gasteiger partial charge in [0.2, 0.25) is 0 Å². The van der Waals surface area contributed by atoms with Gasteiger partial charge in [0.15, 0.2) is 0 Å². The number of hydrogen-bond donors (Lipinski definition) is 2. The zero-order chi connectivity index (χ0) is 14.0. The maximum atomic E-state index is 13.4. The number of carbonyl (C=O) groups is 1. The van der Waals surface area contributed by atoms with Crippen LogP contribution in [0.5, 0.6) is 0 Å². The van der Waals surface area contributed by atoms with Crippen molar-refractivity contribution in [3.63, 3.8) is 0 Å². The van der Waals surface area contributed by atoms with E-state index in [9.17, 15) is 13.6 Å². The summed E-state index contributed by atoms with van der Waals surface area (Å²) in [5, 5.41) is 15.3. The minimum absolute atomic E-state index is 0.00764. The molecular weight excluding hydrogens is 256 g/mol. The molecule has 2 aromatic rings. The minimum Gasteiger partial charge on any atom is -0.478 e. The largest absolute Gasteiger partial charge is 0.478 e. The number of nitrogens with zero attached hydrogens (tertiary/aromatic N) is 2. The smallest absolute Gasteiger partial charge is 0.339 e. The molecule has 1 aromatic heterocycles. The summed E-state index contributed by atoms with van der Waals surface area (Å²) in [5.41, 5.74) is 0.0296. The molecule has 0 atom stereocenters. The number of carboxylic acids is 1. The van der Waals surface area contributed by atoms with E-state index in [1.807, 2.05) is 0 Å². The lowest BCUT2D eigenvalue weighted by Crippen LogP contribution is -2.11. The molecule has 0 fully saturated rings. The Labute approximate surface area is 107 Å². The first-order chi connectivity index (χ1) is 9.00. The third-order valence-electron chi connectivity index (χ3n) is 2.69. The lowest BCUT2D eigenvalue weighted by Gasteiger charge is -2.09. The molecule has 0 spiro atoms. The van der Waals surface area contributed by atoms with Crippen LogP contribution in [0.15, 0.2) is 24.4 Å². The summed E-state index contributed by atoms with van der Waals surface area (Å²) in [6.45, 7) is -0.0456. The number of nitrogens with one attached hydrogen (secondary N) is 1. The standard InChI is InChI=1S/C12H11F2N3O2/c1-17-10(7(5-16-17)12(18)19)6-15-11-8(13)3-2-4-9(11)14/h2-5,15H,6H2,1H3,(H,18,19). The molecule has 2 N–H and O–H groups in total. The van der Waals surface area contributed by atoms with E-state index in [1.165, 1.54) is 16.9 Å². The molecule has 100 valence electrons. The van der Waals surface area contributed by atoms with Crippen molar-refractivity contribution in [3.05, 3.63) is 47.3 Å². The first-order valence-corrected chi connectivity index (χ1v) is 5.42. The zero-order valence-corrected chi connectivity index (χ0v) is 10.0. The van der Waals surface area contributed by atoms with Gasteiger partial charge in [0.25, 0.3) is 0 Å². The second-order valence-electron chi connectivity index (χ2n) is 3.88. The van der Waals surface area contributed by atoms with Crippen LogP contribution in [0.1, 0.15) is 16.1 Å². The van der Waals surface area contributed by atoms with E-state index in [4.69, 9.17) is 5.11 Å². The molecule has 19 heavy (non-hydrogen) atoms. The van der Waals surface area contributed by atoms with Crippen molar-refractivity contribution < 1.29 is 18.7 Å². The molecule has 0 aliphatic carbocycles. The monoisotopic (exact) mass is 267 g/mol. The highest BCUT2D eigenvalue weighted by molar-refractivity contribution is 5.88. The van der Waals surface area contributed by atoms with Gasteiger partial charge in [0.05, 0.1) is 18.4 Å². The SMILES string of the molecule is Cn1ncc(C(=O)O)c1CNc1c(F)cccc1F.